The summed E-state index contributed by atoms with van der Waals surface area (Å²) in [5, 5.41) is 10.2. The molecule has 1 aliphatic rings. The number of aryl methyl sites for hydroxylation is 1. The molecule has 108 valence electrons. The molecule has 0 unspecified atom stereocenters. The van der Waals surface area contributed by atoms with Gasteiger partial charge < -0.3 is 0 Å². The number of hydrogen-bond acceptors (Lipinski definition) is 4. The monoisotopic (exact) mass is 302 g/mol. The zero-order valence-electron chi connectivity index (χ0n) is 11.5. The van der Waals surface area contributed by atoms with Crippen molar-refractivity contribution in [3.05, 3.63) is 41.2 Å². The van der Waals surface area contributed by atoms with E-state index in [4.69, 9.17) is 11.6 Å². The Bertz CT molecular complexity index is 799. The lowest BCUT2D eigenvalue weighted by molar-refractivity contribution is 0.689. The molecule has 7 heteroatoms. The van der Waals surface area contributed by atoms with Crippen LogP contribution in [0.1, 0.15) is 11.5 Å². The summed E-state index contributed by atoms with van der Waals surface area (Å²) < 4.78 is 3.76. The lowest BCUT2D eigenvalue weighted by atomic mass is 10.00. The Labute approximate surface area is 126 Å². The molecule has 1 saturated heterocycles. The molecule has 0 saturated carbocycles. The topological polar surface area (TPSA) is 59.7 Å². The smallest absolute Gasteiger partial charge is 0.179 e. The van der Waals surface area contributed by atoms with E-state index in [1.54, 1.807) is 4.68 Å². The van der Waals surface area contributed by atoms with E-state index in [1.807, 2.05) is 25.4 Å². The Balaban J connectivity index is 1.95. The van der Waals surface area contributed by atoms with Gasteiger partial charge in [0.05, 0.1) is 11.7 Å². The van der Waals surface area contributed by atoms with Crippen LogP contribution < -0.4 is 10.9 Å². The minimum Gasteiger partial charge on any atom is -0.298 e. The summed E-state index contributed by atoms with van der Waals surface area (Å²) in [7, 11) is 1.86. The van der Waals surface area contributed by atoms with Gasteiger partial charge in [0.15, 0.2) is 5.82 Å². The quantitative estimate of drug-likeness (QED) is 0.755. The number of nitrogens with zero attached hydrogens (tertiary/aromatic N) is 4. The van der Waals surface area contributed by atoms with E-state index in [0.717, 1.165) is 29.4 Å². The summed E-state index contributed by atoms with van der Waals surface area (Å²) in [6.07, 6.45) is 4.04. The third-order valence-corrected chi connectivity index (χ3v) is 4.13. The molecule has 1 aliphatic heterocycles. The molecule has 3 aromatic rings. The third-order valence-electron chi connectivity index (χ3n) is 3.90. The predicted molar refractivity (Wildman–Crippen MR) is 81.6 cm³/mol. The highest BCUT2D eigenvalue weighted by atomic mass is 35.5. The first-order valence-electron chi connectivity index (χ1n) is 6.85. The van der Waals surface area contributed by atoms with Crippen LogP contribution in [0.2, 0.25) is 5.02 Å². The van der Waals surface area contributed by atoms with Crippen LogP contribution in [0, 0.1) is 0 Å². The molecule has 21 heavy (non-hydrogen) atoms. The summed E-state index contributed by atoms with van der Waals surface area (Å²) in [4.78, 5) is 0. The average Bonchev–Trinajstić information content (AvgIpc) is 3.16. The number of halogens is 1. The van der Waals surface area contributed by atoms with Gasteiger partial charge in [0, 0.05) is 42.7 Å². The molecule has 1 fully saturated rings. The second kappa shape index (κ2) is 4.84. The van der Waals surface area contributed by atoms with Gasteiger partial charge in [-0.1, -0.05) is 22.9 Å². The molecule has 6 nitrogen and oxygen atoms in total. The molecule has 1 aromatic carbocycles. The van der Waals surface area contributed by atoms with Gasteiger partial charge in [-0.05, 0) is 17.7 Å². The number of rotatable bonds is 2. The predicted octanol–water partition coefficient (Wildman–Crippen LogP) is 1.60. The maximum absolute atomic E-state index is 6.17. The van der Waals surface area contributed by atoms with Gasteiger partial charge in [-0.2, -0.15) is 0 Å². The van der Waals surface area contributed by atoms with E-state index in [1.165, 1.54) is 10.9 Å². The molecule has 0 bridgehead atoms. The van der Waals surface area contributed by atoms with E-state index in [9.17, 15) is 0 Å². The number of fused-ring (bicyclic) bond motifs is 1. The van der Waals surface area contributed by atoms with E-state index in [0.29, 0.717) is 5.92 Å². The molecule has 3 heterocycles. The van der Waals surface area contributed by atoms with Crippen molar-refractivity contribution < 1.29 is 0 Å². The molecule has 4 rings (SSSR count). The minimum atomic E-state index is 0.437. The van der Waals surface area contributed by atoms with Crippen molar-refractivity contribution in [1.82, 2.24) is 30.4 Å². The molecule has 0 amide bonds. The van der Waals surface area contributed by atoms with Gasteiger partial charge in [0.1, 0.15) is 0 Å². The summed E-state index contributed by atoms with van der Waals surface area (Å²) in [5.74, 6) is 1.24. The van der Waals surface area contributed by atoms with Crippen LogP contribution in [0.25, 0.3) is 16.7 Å². The standard InChI is InChI=1S/C14H15ClN6/c1-20-8-14(18-19-20)21-7-12(9-5-16-17-6-9)11-3-2-10(15)4-13(11)21/h2-4,7-9,16-17H,5-6H2,1H3. The van der Waals surface area contributed by atoms with E-state index < -0.39 is 0 Å². The number of hydrazine groups is 1. The Hall–Kier alpha value is -1.89. The molecular weight excluding hydrogens is 288 g/mol. The van der Waals surface area contributed by atoms with Crippen molar-refractivity contribution in [2.45, 2.75) is 5.92 Å². The minimum absolute atomic E-state index is 0.437. The second-order valence-corrected chi connectivity index (χ2v) is 5.76. The second-order valence-electron chi connectivity index (χ2n) is 5.33. The van der Waals surface area contributed by atoms with Crippen molar-refractivity contribution >= 4 is 22.5 Å². The highest BCUT2D eigenvalue weighted by molar-refractivity contribution is 6.31. The summed E-state index contributed by atoms with van der Waals surface area (Å²) in [5.41, 5.74) is 8.72. The third kappa shape index (κ3) is 2.12. The van der Waals surface area contributed by atoms with Gasteiger partial charge in [-0.3, -0.25) is 20.1 Å². The van der Waals surface area contributed by atoms with Crippen LogP contribution in [-0.4, -0.2) is 32.7 Å². The van der Waals surface area contributed by atoms with Crippen molar-refractivity contribution in [2.24, 2.45) is 7.05 Å². The van der Waals surface area contributed by atoms with Crippen LogP contribution in [0.15, 0.2) is 30.6 Å². The highest BCUT2D eigenvalue weighted by Gasteiger charge is 2.22. The molecule has 2 aromatic heterocycles. The summed E-state index contributed by atoms with van der Waals surface area (Å²) in [6.45, 7) is 1.84. The van der Waals surface area contributed by atoms with Crippen molar-refractivity contribution in [2.75, 3.05) is 13.1 Å². The molecular formula is C14H15ClN6. The van der Waals surface area contributed by atoms with Gasteiger partial charge in [0.2, 0.25) is 0 Å². The summed E-state index contributed by atoms with van der Waals surface area (Å²) in [6, 6.07) is 5.99. The zero-order valence-corrected chi connectivity index (χ0v) is 12.3. The van der Waals surface area contributed by atoms with Crippen LogP contribution in [0.4, 0.5) is 0 Å². The molecule has 2 N–H and O–H groups in total. The number of benzene rings is 1. The van der Waals surface area contributed by atoms with Crippen LogP contribution in [-0.2, 0) is 7.05 Å². The Morgan fingerprint density at radius 3 is 2.76 bits per heavy atom. The van der Waals surface area contributed by atoms with Crippen molar-refractivity contribution in [3.8, 4) is 5.82 Å². The molecule has 0 spiro atoms. The van der Waals surface area contributed by atoms with Gasteiger partial charge in [-0.15, -0.1) is 5.10 Å². The normalized spacial score (nSPS) is 16.1. The highest BCUT2D eigenvalue weighted by Crippen LogP contribution is 2.31. The lowest BCUT2D eigenvalue weighted by Gasteiger charge is -2.05. The van der Waals surface area contributed by atoms with E-state index >= 15 is 0 Å². The van der Waals surface area contributed by atoms with Crippen LogP contribution in [0.5, 0.6) is 0 Å². The fourth-order valence-electron chi connectivity index (χ4n) is 2.87. The Kier molecular flexibility index (Phi) is 2.95. The molecule has 0 aliphatic carbocycles. The first-order valence-corrected chi connectivity index (χ1v) is 7.23. The van der Waals surface area contributed by atoms with Crippen molar-refractivity contribution in [3.63, 3.8) is 0 Å². The largest absolute Gasteiger partial charge is 0.298 e. The van der Waals surface area contributed by atoms with Gasteiger partial charge in [0.25, 0.3) is 0 Å². The average molecular weight is 303 g/mol. The first-order chi connectivity index (χ1) is 10.2. The van der Waals surface area contributed by atoms with Crippen LogP contribution in [0.3, 0.4) is 0 Å². The Morgan fingerprint density at radius 2 is 2.05 bits per heavy atom. The SMILES string of the molecule is Cn1cc(-n2cc(C3CNNC3)c3ccc(Cl)cc32)nn1. The maximum Gasteiger partial charge on any atom is 0.179 e. The van der Waals surface area contributed by atoms with Crippen LogP contribution >= 0.6 is 11.6 Å². The molecule has 0 radical (unpaired) electrons. The Morgan fingerprint density at radius 1 is 1.24 bits per heavy atom. The fourth-order valence-corrected chi connectivity index (χ4v) is 3.04. The zero-order chi connectivity index (χ0) is 14.4. The lowest BCUT2D eigenvalue weighted by Crippen LogP contribution is -2.21. The van der Waals surface area contributed by atoms with E-state index in [-0.39, 0.29) is 0 Å². The summed E-state index contributed by atoms with van der Waals surface area (Å²) >= 11 is 6.17. The number of nitrogens with one attached hydrogen (secondary N) is 2. The first kappa shape index (κ1) is 12.8. The maximum atomic E-state index is 6.17. The number of aromatic nitrogens is 4. The number of hydrogen-bond donors (Lipinski definition) is 2. The molecule has 0 atom stereocenters. The van der Waals surface area contributed by atoms with Crippen molar-refractivity contribution in [1.29, 1.82) is 0 Å². The van der Waals surface area contributed by atoms with E-state index in [2.05, 4.69) is 38.0 Å². The van der Waals surface area contributed by atoms with Gasteiger partial charge >= 0.3 is 0 Å². The van der Waals surface area contributed by atoms with Gasteiger partial charge in [-0.25, -0.2) is 0 Å². The fraction of sp³-hybridized carbons (Fsp3) is 0.286.